The number of benzene rings is 2. The summed E-state index contributed by atoms with van der Waals surface area (Å²) < 4.78 is 1.09. The van der Waals surface area contributed by atoms with Crippen LogP contribution < -0.4 is 0 Å². The SMILES string of the molecule is C=C1c2ccc(Br)cc2C(c2ccccc2)=CN1CC. The summed E-state index contributed by atoms with van der Waals surface area (Å²) in [6.45, 7) is 7.30. The van der Waals surface area contributed by atoms with Crippen LogP contribution in [0.3, 0.4) is 0 Å². The predicted octanol–water partition coefficient (Wildman–Crippen LogP) is 5.14. The molecular weight excluding hydrogens is 310 g/mol. The first-order valence-electron chi connectivity index (χ1n) is 6.74. The molecule has 0 aromatic heterocycles. The van der Waals surface area contributed by atoms with Crippen molar-refractivity contribution in [3.05, 3.63) is 82.5 Å². The normalized spacial score (nSPS) is 14.0. The standard InChI is InChI=1S/C18H16BrN/c1-3-20-12-18(14-7-5-4-6-8-14)17-11-15(19)9-10-16(17)13(20)2/h4-12H,2-3H2,1H3. The van der Waals surface area contributed by atoms with Crippen molar-refractivity contribution in [1.29, 1.82) is 0 Å². The molecule has 0 unspecified atom stereocenters. The first kappa shape index (κ1) is 13.2. The zero-order valence-corrected chi connectivity index (χ0v) is 13.0. The van der Waals surface area contributed by atoms with Gasteiger partial charge in [-0.15, -0.1) is 0 Å². The highest BCUT2D eigenvalue weighted by molar-refractivity contribution is 9.10. The molecule has 0 saturated carbocycles. The summed E-state index contributed by atoms with van der Waals surface area (Å²) in [5, 5.41) is 0. The molecule has 0 bridgehead atoms. The molecule has 0 radical (unpaired) electrons. The molecule has 0 amide bonds. The largest absolute Gasteiger partial charge is 0.348 e. The fourth-order valence-electron chi connectivity index (χ4n) is 2.58. The molecule has 1 aliphatic heterocycles. The third kappa shape index (κ3) is 2.20. The van der Waals surface area contributed by atoms with E-state index >= 15 is 0 Å². The molecule has 0 fully saturated rings. The Morgan fingerprint density at radius 1 is 1.05 bits per heavy atom. The van der Waals surface area contributed by atoms with Gasteiger partial charge in [-0.1, -0.05) is 58.9 Å². The van der Waals surface area contributed by atoms with E-state index in [0.717, 1.165) is 16.7 Å². The monoisotopic (exact) mass is 325 g/mol. The summed E-state index contributed by atoms with van der Waals surface area (Å²) in [6.07, 6.45) is 2.20. The van der Waals surface area contributed by atoms with Gasteiger partial charge in [0.1, 0.15) is 0 Å². The van der Waals surface area contributed by atoms with Gasteiger partial charge in [-0.3, -0.25) is 0 Å². The molecule has 2 heteroatoms. The Hall–Kier alpha value is -1.80. The van der Waals surface area contributed by atoms with E-state index in [9.17, 15) is 0 Å². The molecule has 0 spiro atoms. The zero-order chi connectivity index (χ0) is 14.1. The van der Waals surface area contributed by atoms with E-state index in [1.807, 2.05) is 6.07 Å². The van der Waals surface area contributed by atoms with Gasteiger partial charge in [0, 0.05) is 34.1 Å². The van der Waals surface area contributed by atoms with Gasteiger partial charge in [-0.2, -0.15) is 0 Å². The lowest BCUT2D eigenvalue weighted by atomic mass is 9.90. The van der Waals surface area contributed by atoms with Gasteiger partial charge in [0.2, 0.25) is 0 Å². The minimum atomic E-state index is 0.921. The summed E-state index contributed by atoms with van der Waals surface area (Å²) in [5.41, 5.74) is 5.99. The van der Waals surface area contributed by atoms with E-state index < -0.39 is 0 Å². The third-order valence-electron chi connectivity index (χ3n) is 3.64. The first-order chi connectivity index (χ1) is 9.70. The summed E-state index contributed by atoms with van der Waals surface area (Å²) in [6, 6.07) is 16.9. The Balaban J connectivity index is 2.22. The van der Waals surface area contributed by atoms with Crippen molar-refractivity contribution in [3.8, 4) is 0 Å². The number of hydrogen-bond donors (Lipinski definition) is 0. The quantitative estimate of drug-likeness (QED) is 0.738. The average Bonchev–Trinajstić information content (AvgIpc) is 2.48. The van der Waals surface area contributed by atoms with Crippen molar-refractivity contribution in [2.45, 2.75) is 6.92 Å². The fraction of sp³-hybridized carbons (Fsp3) is 0.111. The second-order valence-electron chi connectivity index (χ2n) is 4.83. The molecule has 1 aliphatic rings. The maximum absolute atomic E-state index is 4.23. The lowest BCUT2D eigenvalue weighted by Gasteiger charge is -2.30. The molecule has 100 valence electrons. The van der Waals surface area contributed by atoms with Gasteiger partial charge >= 0.3 is 0 Å². The minimum Gasteiger partial charge on any atom is -0.348 e. The summed E-state index contributed by atoms with van der Waals surface area (Å²) in [4.78, 5) is 2.21. The Labute approximate surface area is 128 Å². The molecular formula is C18H16BrN. The van der Waals surface area contributed by atoms with Gasteiger partial charge in [0.25, 0.3) is 0 Å². The lowest BCUT2D eigenvalue weighted by Crippen LogP contribution is -2.20. The molecule has 2 aromatic rings. The van der Waals surface area contributed by atoms with Crippen molar-refractivity contribution in [2.24, 2.45) is 0 Å². The number of halogens is 1. The first-order valence-corrected chi connectivity index (χ1v) is 7.53. The second kappa shape index (κ2) is 5.29. The average molecular weight is 326 g/mol. The van der Waals surface area contributed by atoms with Crippen molar-refractivity contribution in [1.82, 2.24) is 4.90 Å². The van der Waals surface area contributed by atoms with Gasteiger partial charge in [-0.05, 0) is 30.2 Å². The Morgan fingerprint density at radius 3 is 2.50 bits per heavy atom. The highest BCUT2D eigenvalue weighted by Crippen LogP contribution is 2.37. The van der Waals surface area contributed by atoms with Crippen LogP contribution in [-0.4, -0.2) is 11.4 Å². The van der Waals surface area contributed by atoms with Crippen LogP contribution in [0, 0.1) is 0 Å². The molecule has 3 rings (SSSR count). The van der Waals surface area contributed by atoms with Gasteiger partial charge in [0.05, 0.1) is 0 Å². The van der Waals surface area contributed by atoms with Gasteiger partial charge in [-0.25, -0.2) is 0 Å². The predicted molar refractivity (Wildman–Crippen MR) is 89.1 cm³/mol. The van der Waals surface area contributed by atoms with Crippen molar-refractivity contribution >= 4 is 27.2 Å². The summed E-state index contributed by atoms with van der Waals surface area (Å²) in [7, 11) is 0. The Morgan fingerprint density at radius 2 is 1.80 bits per heavy atom. The van der Waals surface area contributed by atoms with E-state index in [0.29, 0.717) is 0 Å². The molecule has 0 saturated heterocycles. The smallest absolute Gasteiger partial charge is 0.0413 e. The maximum atomic E-state index is 4.23. The molecule has 0 atom stereocenters. The van der Waals surface area contributed by atoms with Crippen molar-refractivity contribution in [3.63, 3.8) is 0 Å². The number of hydrogen-bond acceptors (Lipinski definition) is 1. The molecule has 2 aromatic carbocycles. The van der Waals surface area contributed by atoms with E-state index in [1.165, 1.54) is 22.3 Å². The van der Waals surface area contributed by atoms with E-state index in [2.05, 4.69) is 83.0 Å². The molecule has 1 nitrogen and oxygen atoms in total. The van der Waals surface area contributed by atoms with Crippen LogP contribution in [0.2, 0.25) is 0 Å². The van der Waals surface area contributed by atoms with Crippen LogP contribution in [0.5, 0.6) is 0 Å². The van der Waals surface area contributed by atoms with Gasteiger partial charge in [0.15, 0.2) is 0 Å². The van der Waals surface area contributed by atoms with E-state index in [1.54, 1.807) is 0 Å². The molecule has 0 N–H and O–H groups in total. The summed E-state index contributed by atoms with van der Waals surface area (Å²) >= 11 is 3.57. The second-order valence-corrected chi connectivity index (χ2v) is 5.75. The fourth-order valence-corrected chi connectivity index (χ4v) is 2.94. The molecule has 0 aliphatic carbocycles. The van der Waals surface area contributed by atoms with Crippen LogP contribution >= 0.6 is 15.9 Å². The zero-order valence-electron chi connectivity index (χ0n) is 11.4. The highest BCUT2D eigenvalue weighted by atomic mass is 79.9. The third-order valence-corrected chi connectivity index (χ3v) is 4.13. The van der Waals surface area contributed by atoms with E-state index in [-0.39, 0.29) is 0 Å². The molecule has 1 heterocycles. The van der Waals surface area contributed by atoms with Gasteiger partial charge < -0.3 is 4.90 Å². The van der Waals surface area contributed by atoms with Crippen LogP contribution in [0.1, 0.15) is 23.6 Å². The number of rotatable bonds is 2. The number of nitrogens with zero attached hydrogens (tertiary/aromatic N) is 1. The van der Waals surface area contributed by atoms with E-state index in [4.69, 9.17) is 0 Å². The highest BCUT2D eigenvalue weighted by Gasteiger charge is 2.20. The lowest BCUT2D eigenvalue weighted by molar-refractivity contribution is 0.561. The van der Waals surface area contributed by atoms with Crippen LogP contribution in [-0.2, 0) is 0 Å². The van der Waals surface area contributed by atoms with Crippen molar-refractivity contribution < 1.29 is 0 Å². The molecule has 20 heavy (non-hydrogen) atoms. The van der Waals surface area contributed by atoms with Crippen LogP contribution in [0.15, 0.2) is 65.8 Å². The topological polar surface area (TPSA) is 3.24 Å². The minimum absolute atomic E-state index is 0.921. The Bertz CT molecular complexity index is 686. The number of fused-ring (bicyclic) bond motifs is 1. The maximum Gasteiger partial charge on any atom is 0.0413 e. The summed E-state index contributed by atoms with van der Waals surface area (Å²) in [5.74, 6) is 0. The van der Waals surface area contributed by atoms with Crippen molar-refractivity contribution in [2.75, 3.05) is 6.54 Å². The van der Waals surface area contributed by atoms with Crippen LogP contribution in [0.4, 0.5) is 0 Å². The Kier molecular flexibility index (Phi) is 3.49. The van der Waals surface area contributed by atoms with Crippen LogP contribution in [0.25, 0.3) is 11.3 Å².